The smallest absolute Gasteiger partial charge is 0.274 e. The SMILES string of the molecule is CC(=O)Nc1c2n(c3ccc(F)cc13)C[C@@](C)(C(=O)NC1CCCCC1)N(Cc1ccco1)C2=O. The van der Waals surface area contributed by atoms with Gasteiger partial charge in [-0.25, -0.2) is 4.39 Å². The first-order chi connectivity index (χ1) is 16.8. The van der Waals surface area contributed by atoms with Crippen molar-refractivity contribution in [1.82, 2.24) is 14.8 Å². The van der Waals surface area contributed by atoms with Crippen LogP contribution in [-0.2, 0) is 22.7 Å². The number of carbonyl (C=O) groups excluding carboxylic acids is 3. The molecule has 3 heterocycles. The number of nitrogens with one attached hydrogen (secondary N) is 2. The summed E-state index contributed by atoms with van der Waals surface area (Å²) in [7, 11) is 0. The van der Waals surface area contributed by atoms with Crippen molar-refractivity contribution in [3.8, 4) is 0 Å². The number of halogens is 1. The molecule has 0 bridgehead atoms. The van der Waals surface area contributed by atoms with Crippen molar-refractivity contribution < 1.29 is 23.2 Å². The van der Waals surface area contributed by atoms with Gasteiger partial charge >= 0.3 is 0 Å². The van der Waals surface area contributed by atoms with Gasteiger partial charge in [0.2, 0.25) is 11.8 Å². The third-order valence-corrected chi connectivity index (χ3v) is 7.16. The summed E-state index contributed by atoms with van der Waals surface area (Å²) in [6, 6.07) is 7.74. The Morgan fingerprint density at radius 3 is 2.66 bits per heavy atom. The Labute approximate surface area is 202 Å². The van der Waals surface area contributed by atoms with E-state index in [2.05, 4.69) is 10.6 Å². The lowest BCUT2D eigenvalue weighted by atomic mass is 9.91. The largest absolute Gasteiger partial charge is 0.467 e. The number of amides is 3. The van der Waals surface area contributed by atoms with E-state index in [0.717, 1.165) is 32.1 Å². The van der Waals surface area contributed by atoms with Crippen molar-refractivity contribution in [2.45, 2.75) is 70.6 Å². The molecule has 1 saturated carbocycles. The highest BCUT2D eigenvalue weighted by Crippen LogP contribution is 2.40. The molecule has 9 heteroatoms. The van der Waals surface area contributed by atoms with Crippen LogP contribution in [0.2, 0.25) is 0 Å². The maximum Gasteiger partial charge on any atom is 0.274 e. The topological polar surface area (TPSA) is 96.6 Å². The number of hydrogen-bond donors (Lipinski definition) is 2. The fraction of sp³-hybridized carbons (Fsp3) is 0.423. The van der Waals surface area contributed by atoms with E-state index >= 15 is 0 Å². The summed E-state index contributed by atoms with van der Waals surface area (Å²) in [5.74, 6) is -0.996. The standard InChI is InChI=1S/C26H29FN4O4/c1-16(32)28-22-20-13-17(27)10-11-21(20)30-15-26(2,25(34)29-18-7-4-3-5-8-18)31(24(33)23(22)30)14-19-9-6-12-35-19/h6,9-13,18H,3-5,7-8,14-15H2,1-2H3,(H,28,32)(H,29,34)/t26-/m0/s1. The average molecular weight is 481 g/mol. The summed E-state index contributed by atoms with van der Waals surface area (Å²) in [5.41, 5.74) is -0.193. The van der Waals surface area contributed by atoms with Gasteiger partial charge in [-0.1, -0.05) is 19.3 Å². The summed E-state index contributed by atoms with van der Waals surface area (Å²) < 4.78 is 21.4. The average Bonchev–Trinajstić information content (AvgIpc) is 3.43. The molecule has 0 radical (unpaired) electrons. The Morgan fingerprint density at radius 1 is 1.20 bits per heavy atom. The monoisotopic (exact) mass is 480 g/mol. The Morgan fingerprint density at radius 2 is 1.97 bits per heavy atom. The maximum atomic E-state index is 14.2. The van der Waals surface area contributed by atoms with Gasteiger partial charge in [0.15, 0.2) is 0 Å². The molecule has 1 aliphatic heterocycles. The summed E-state index contributed by atoms with van der Waals surface area (Å²) >= 11 is 0. The van der Waals surface area contributed by atoms with Gasteiger partial charge in [0, 0.05) is 18.4 Å². The summed E-state index contributed by atoms with van der Waals surface area (Å²) in [6.45, 7) is 3.32. The normalized spacial score (nSPS) is 20.7. The number of rotatable bonds is 5. The van der Waals surface area contributed by atoms with Crippen LogP contribution in [0.3, 0.4) is 0 Å². The number of carbonyl (C=O) groups is 3. The van der Waals surface area contributed by atoms with Gasteiger partial charge in [-0.3, -0.25) is 14.4 Å². The van der Waals surface area contributed by atoms with Crippen molar-refractivity contribution >= 4 is 34.3 Å². The van der Waals surface area contributed by atoms with Crippen LogP contribution >= 0.6 is 0 Å². The Kier molecular flexibility index (Phi) is 5.86. The van der Waals surface area contributed by atoms with Gasteiger partial charge in [-0.15, -0.1) is 0 Å². The minimum absolute atomic E-state index is 0.0699. The van der Waals surface area contributed by atoms with Crippen molar-refractivity contribution in [2.75, 3.05) is 5.32 Å². The van der Waals surface area contributed by atoms with E-state index in [1.807, 2.05) is 0 Å². The lowest BCUT2D eigenvalue weighted by molar-refractivity contribution is -0.134. The molecule has 1 aliphatic carbocycles. The van der Waals surface area contributed by atoms with Gasteiger partial charge in [0.25, 0.3) is 5.91 Å². The molecular weight excluding hydrogens is 451 g/mol. The van der Waals surface area contributed by atoms with E-state index in [1.165, 1.54) is 30.2 Å². The van der Waals surface area contributed by atoms with E-state index in [1.54, 1.807) is 29.7 Å². The van der Waals surface area contributed by atoms with Crippen molar-refractivity contribution in [3.63, 3.8) is 0 Å². The number of anilines is 1. The van der Waals surface area contributed by atoms with Crippen LogP contribution in [0.5, 0.6) is 0 Å². The predicted molar refractivity (Wildman–Crippen MR) is 128 cm³/mol. The Balaban J connectivity index is 1.63. The van der Waals surface area contributed by atoms with Crippen LogP contribution in [0, 0.1) is 5.82 Å². The maximum absolute atomic E-state index is 14.2. The molecule has 2 aliphatic rings. The number of hydrogen-bond acceptors (Lipinski definition) is 4. The highest BCUT2D eigenvalue weighted by atomic mass is 19.1. The fourth-order valence-corrected chi connectivity index (χ4v) is 5.35. The van der Waals surface area contributed by atoms with Crippen molar-refractivity contribution in [3.05, 3.63) is 53.9 Å². The molecule has 8 nitrogen and oxygen atoms in total. The van der Waals surface area contributed by atoms with Gasteiger partial charge in [-0.2, -0.15) is 0 Å². The molecule has 2 aromatic heterocycles. The van der Waals surface area contributed by atoms with Crippen LogP contribution in [0.15, 0.2) is 41.0 Å². The second kappa shape index (κ2) is 8.87. The highest BCUT2D eigenvalue weighted by Gasteiger charge is 2.49. The van der Waals surface area contributed by atoms with Crippen LogP contribution < -0.4 is 10.6 Å². The minimum atomic E-state index is -1.23. The lowest BCUT2D eigenvalue weighted by Gasteiger charge is -2.44. The molecule has 1 aromatic carbocycles. The fourth-order valence-electron chi connectivity index (χ4n) is 5.35. The molecule has 5 rings (SSSR count). The van der Waals surface area contributed by atoms with E-state index in [4.69, 9.17) is 4.42 Å². The first kappa shape index (κ1) is 23.1. The van der Waals surface area contributed by atoms with Gasteiger partial charge in [-0.05, 0) is 50.1 Å². The van der Waals surface area contributed by atoms with Crippen LogP contribution in [0.1, 0.15) is 62.2 Å². The molecule has 0 saturated heterocycles. The molecule has 184 valence electrons. The van der Waals surface area contributed by atoms with E-state index in [-0.39, 0.29) is 42.3 Å². The zero-order valence-corrected chi connectivity index (χ0v) is 19.9. The molecule has 1 atom stereocenters. The molecule has 0 unspecified atom stereocenters. The molecular formula is C26H29FN4O4. The Hall–Kier alpha value is -3.62. The summed E-state index contributed by atoms with van der Waals surface area (Å²) in [6.07, 6.45) is 6.64. The molecule has 1 fully saturated rings. The summed E-state index contributed by atoms with van der Waals surface area (Å²) in [5, 5.41) is 6.31. The number of nitrogens with zero attached hydrogens (tertiary/aromatic N) is 2. The van der Waals surface area contributed by atoms with Crippen LogP contribution in [-0.4, -0.2) is 38.8 Å². The highest BCUT2D eigenvalue weighted by molar-refractivity contribution is 6.14. The van der Waals surface area contributed by atoms with E-state index in [0.29, 0.717) is 16.7 Å². The van der Waals surface area contributed by atoms with Crippen molar-refractivity contribution in [2.24, 2.45) is 0 Å². The third-order valence-electron chi connectivity index (χ3n) is 7.16. The van der Waals surface area contributed by atoms with Gasteiger partial charge in [0.1, 0.15) is 22.8 Å². The zero-order chi connectivity index (χ0) is 24.7. The predicted octanol–water partition coefficient (Wildman–Crippen LogP) is 4.20. The van der Waals surface area contributed by atoms with Gasteiger partial charge in [0.05, 0.1) is 30.6 Å². The van der Waals surface area contributed by atoms with E-state index < -0.39 is 17.3 Å². The summed E-state index contributed by atoms with van der Waals surface area (Å²) in [4.78, 5) is 41.3. The lowest BCUT2D eigenvalue weighted by Crippen LogP contribution is -2.64. The minimum Gasteiger partial charge on any atom is -0.467 e. The number of fused-ring (bicyclic) bond motifs is 3. The zero-order valence-electron chi connectivity index (χ0n) is 19.9. The quantitative estimate of drug-likeness (QED) is 0.572. The molecule has 35 heavy (non-hydrogen) atoms. The molecule has 3 amide bonds. The van der Waals surface area contributed by atoms with Crippen LogP contribution in [0.25, 0.3) is 10.9 Å². The second-order valence-electron chi connectivity index (χ2n) is 9.71. The van der Waals surface area contributed by atoms with Crippen molar-refractivity contribution in [1.29, 1.82) is 0 Å². The number of aromatic nitrogens is 1. The Bertz CT molecular complexity index is 1290. The first-order valence-corrected chi connectivity index (χ1v) is 12.0. The van der Waals surface area contributed by atoms with Crippen LogP contribution in [0.4, 0.5) is 10.1 Å². The van der Waals surface area contributed by atoms with Gasteiger partial charge < -0.3 is 24.5 Å². The number of benzene rings is 1. The second-order valence-corrected chi connectivity index (χ2v) is 9.71. The van der Waals surface area contributed by atoms with E-state index in [9.17, 15) is 18.8 Å². The molecule has 0 spiro atoms. The molecule has 3 aromatic rings. The first-order valence-electron chi connectivity index (χ1n) is 12.0. The number of furan rings is 1. The third kappa shape index (κ3) is 4.09. The molecule has 2 N–H and O–H groups in total.